The van der Waals surface area contributed by atoms with Gasteiger partial charge in [-0.15, -0.1) is 0 Å². The molecule has 0 aliphatic heterocycles. The molecule has 0 spiro atoms. The van der Waals surface area contributed by atoms with Gasteiger partial charge in [0.05, 0.1) is 7.11 Å². The lowest BCUT2D eigenvalue weighted by Gasteiger charge is -2.12. The summed E-state index contributed by atoms with van der Waals surface area (Å²) >= 11 is 5.84. The van der Waals surface area contributed by atoms with Gasteiger partial charge in [-0.05, 0) is 66.6 Å². The lowest BCUT2D eigenvalue weighted by molar-refractivity contribution is -0.118. The number of carbonyl (C=O) groups excluding carboxylic acids is 2. The van der Waals surface area contributed by atoms with Crippen molar-refractivity contribution < 1.29 is 19.1 Å². The quantitative estimate of drug-likeness (QED) is 0.343. The van der Waals surface area contributed by atoms with Gasteiger partial charge >= 0.3 is 0 Å². The van der Waals surface area contributed by atoms with E-state index in [2.05, 4.69) is 10.6 Å². The van der Waals surface area contributed by atoms with Crippen molar-refractivity contribution >= 4 is 40.9 Å². The van der Waals surface area contributed by atoms with Gasteiger partial charge in [0.2, 0.25) is 0 Å². The minimum absolute atomic E-state index is 0.0682. The number of benzene rings is 3. The van der Waals surface area contributed by atoms with Crippen molar-refractivity contribution in [3.8, 4) is 17.6 Å². The highest BCUT2D eigenvalue weighted by Gasteiger charge is 2.13. The van der Waals surface area contributed by atoms with E-state index in [0.29, 0.717) is 33.5 Å². The van der Waals surface area contributed by atoms with Gasteiger partial charge in [0.15, 0.2) is 18.1 Å². The minimum Gasteiger partial charge on any atom is -0.493 e. The third-order valence-corrected chi connectivity index (χ3v) is 5.00. The number of carbonyl (C=O) groups is 2. The summed E-state index contributed by atoms with van der Waals surface area (Å²) in [7, 11) is 1.46. The maximum absolute atomic E-state index is 12.6. The van der Waals surface area contributed by atoms with Crippen LogP contribution in [-0.4, -0.2) is 25.5 Å². The number of amides is 2. The lowest BCUT2D eigenvalue weighted by atomic mass is 10.1. The Labute approximate surface area is 202 Å². The molecule has 8 heteroatoms. The van der Waals surface area contributed by atoms with Crippen LogP contribution in [0.25, 0.3) is 6.08 Å². The topological polar surface area (TPSA) is 100 Å². The average Bonchev–Trinajstić information content (AvgIpc) is 2.84. The average molecular weight is 476 g/mol. The molecule has 0 saturated carbocycles. The summed E-state index contributed by atoms with van der Waals surface area (Å²) in [6, 6.07) is 20.8. The van der Waals surface area contributed by atoms with Gasteiger partial charge in [-0.2, -0.15) is 5.26 Å². The third-order valence-electron chi connectivity index (χ3n) is 4.74. The van der Waals surface area contributed by atoms with Crippen molar-refractivity contribution in [3.05, 3.63) is 88.5 Å². The summed E-state index contributed by atoms with van der Waals surface area (Å²) in [5, 5.41) is 15.5. The maximum atomic E-state index is 12.6. The molecule has 0 radical (unpaired) electrons. The molecule has 0 aliphatic carbocycles. The van der Waals surface area contributed by atoms with E-state index in [0.717, 1.165) is 5.56 Å². The number of hydrogen-bond acceptors (Lipinski definition) is 5. The van der Waals surface area contributed by atoms with E-state index >= 15 is 0 Å². The number of halogens is 1. The molecule has 0 aliphatic rings. The Balaban J connectivity index is 1.68. The summed E-state index contributed by atoms with van der Waals surface area (Å²) in [4.78, 5) is 24.7. The second-order valence-corrected chi connectivity index (χ2v) is 7.63. The van der Waals surface area contributed by atoms with E-state index in [4.69, 9.17) is 21.1 Å². The van der Waals surface area contributed by atoms with Crippen LogP contribution >= 0.6 is 11.6 Å². The molecule has 172 valence electrons. The highest BCUT2D eigenvalue weighted by Crippen LogP contribution is 2.29. The molecule has 0 atom stereocenters. The van der Waals surface area contributed by atoms with E-state index in [1.54, 1.807) is 54.6 Å². The Morgan fingerprint density at radius 1 is 1.03 bits per heavy atom. The first-order chi connectivity index (χ1) is 16.4. The molecule has 0 unspecified atom stereocenters. The summed E-state index contributed by atoms with van der Waals surface area (Å²) in [6.07, 6.45) is 1.45. The Morgan fingerprint density at radius 2 is 1.76 bits per heavy atom. The maximum Gasteiger partial charge on any atom is 0.266 e. The zero-order chi connectivity index (χ0) is 24.5. The zero-order valence-corrected chi connectivity index (χ0v) is 19.3. The summed E-state index contributed by atoms with van der Waals surface area (Å²) in [5.41, 5.74) is 2.61. The number of nitrogens with one attached hydrogen (secondary N) is 2. The minimum atomic E-state index is -0.519. The molecule has 0 bridgehead atoms. The van der Waals surface area contributed by atoms with Gasteiger partial charge in [-0.25, -0.2) is 0 Å². The van der Waals surface area contributed by atoms with Gasteiger partial charge in [0, 0.05) is 16.4 Å². The van der Waals surface area contributed by atoms with Crippen molar-refractivity contribution in [2.45, 2.75) is 6.92 Å². The normalized spacial score (nSPS) is 10.7. The van der Waals surface area contributed by atoms with Crippen LogP contribution in [0.15, 0.2) is 72.3 Å². The molecule has 0 heterocycles. The van der Waals surface area contributed by atoms with Gasteiger partial charge in [0.25, 0.3) is 11.8 Å². The van der Waals surface area contributed by atoms with Crippen LogP contribution in [0.4, 0.5) is 11.4 Å². The number of methoxy groups -OCH3 is 1. The molecule has 34 heavy (non-hydrogen) atoms. The van der Waals surface area contributed by atoms with Crippen LogP contribution in [0.1, 0.15) is 11.1 Å². The first-order valence-electron chi connectivity index (χ1n) is 10.2. The first kappa shape index (κ1) is 24.4. The third kappa shape index (κ3) is 6.61. The van der Waals surface area contributed by atoms with Crippen molar-refractivity contribution in [1.29, 1.82) is 5.26 Å². The van der Waals surface area contributed by atoms with E-state index in [-0.39, 0.29) is 18.1 Å². The molecular weight excluding hydrogens is 454 g/mol. The standard InChI is InChI=1S/C26H22ClN3O4/c1-17-5-3-4-6-22(17)30-26(32)19(15-28)13-18-7-12-23(24(14-18)33-2)34-16-25(31)29-21-10-8-20(27)9-11-21/h3-14H,16H2,1-2H3,(H,29,31)(H,30,32)/b19-13+. The molecule has 3 aromatic carbocycles. The molecule has 2 amide bonds. The number of ether oxygens (including phenoxy) is 2. The smallest absolute Gasteiger partial charge is 0.266 e. The van der Waals surface area contributed by atoms with Crippen LogP contribution in [0.5, 0.6) is 11.5 Å². The van der Waals surface area contributed by atoms with Crippen LogP contribution in [-0.2, 0) is 9.59 Å². The van der Waals surface area contributed by atoms with Gasteiger partial charge < -0.3 is 20.1 Å². The summed E-state index contributed by atoms with van der Waals surface area (Å²) in [6.45, 7) is 1.63. The van der Waals surface area contributed by atoms with Crippen LogP contribution < -0.4 is 20.1 Å². The zero-order valence-electron chi connectivity index (χ0n) is 18.6. The monoisotopic (exact) mass is 475 g/mol. The number of nitriles is 1. The van der Waals surface area contributed by atoms with Crippen LogP contribution in [0.2, 0.25) is 5.02 Å². The van der Waals surface area contributed by atoms with E-state index in [1.807, 2.05) is 25.1 Å². The summed E-state index contributed by atoms with van der Waals surface area (Å²) < 4.78 is 10.9. The number of anilines is 2. The predicted octanol–water partition coefficient (Wildman–Crippen LogP) is 5.22. The Kier molecular flexibility index (Phi) is 8.27. The number of rotatable bonds is 8. The van der Waals surface area contributed by atoms with Crippen molar-refractivity contribution in [2.75, 3.05) is 24.4 Å². The highest BCUT2D eigenvalue weighted by molar-refractivity contribution is 6.30. The van der Waals surface area contributed by atoms with Crippen molar-refractivity contribution in [3.63, 3.8) is 0 Å². The van der Waals surface area contributed by atoms with Crippen molar-refractivity contribution in [2.24, 2.45) is 0 Å². The van der Waals surface area contributed by atoms with Crippen LogP contribution in [0, 0.1) is 18.3 Å². The van der Waals surface area contributed by atoms with E-state index in [1.165, 1.54) is 13.2 Å². The Bertz CT molecular complexity index is 1260. The highest BCUT2D eigenvalue weighted by atomic mass is 35.5. The Morgan fingerprint density at radius 3 is 2.44 bits per heavy atom. The number of aryl methyl sites for hydroxylation is 1. The van der Waals surface area contributed by atoms with Crippen LogP contribution in [0.3, 0.4) is 0 Å². The molecule has 3 aromatic rings. The van der Waals surface area contributed by atoms with E-state index in [9.17, 15) is 14.9 Å². The molecular formula is C26H22ClN3O4. The largest absolute Gasteiger partial charge is 0.493 e. The SMILES string of the molecule is COc1cc(/C=C(\C#N)C(=O)Nc2ccccc2C)ccc1OCC(=O)Nc1ccc(Cl)cc1. The molecule has 0 fully saturated rings. The van der Waals surface area contributed by atoms with Gasteiger partial charge in [-0.3, -0.25) is 9.59 Å². The van der Waals surface area contributed by atoms with E-state index < -0.39 is 5.91 Å². The molecule has 7 nitrogen and oxygen atoms in total. The lowest BCUT2D eigenvalue weighted by Crippen LogP contribution is -2.20. The second-order valence-electron chi connectivity index (χ2n) is 7.19. The number of para-hydroxylation sites is 1. The predicted molar refractivity (Wildman–Crippen MR) is 132 cm³/mol. The van der Waals surface area contributed by atoms with Crippen molar-refractivity contribution in [1.82, 2.24) is 0 Å². The fraction of sp³-hybridized carbons (Fsp3) is 0.115. The molecule has 3 rings (SSSR count). The Hall–Kier alpha value is -4.28. The fourth-order valence-corrected chi connectivity index (χ4v) is 3.11. The number of hydrogen-bond donors (Lipinski definition) is 2. The van der Waals surface area contributed by atoms with Gasteiger partial charge in [-0.1, -0.05) is 35.9 Å². The van der Waals surface area contributed by atoms with Gasteiger partial charge in [0.1, 0.15) is 11.6 Å². The fourth-order valence-electron chi connectivity index (χ4n) is 2.98. The second kappa shape index (κ2) is 11.5. The molecule has 2 N–H and O–H groups in total. The molecule has 0 saturated heterocycles. The summed E-state index contributed by atoms with van der Waals surface area (Å²) in [5.74, 6) is -0.179. The first-order valence-corrected chi connectivity index (χ1v) is 10.6. The molecule has 0 aromatic heterocycles. The number of nitrogens with zero attached hydrogens (tertiary/aromatic N) is 1.